The molecule has 1 heterocycles. The number of amides is 1. The predicted octanol–water partition coefficient (Wildman–Crippen LogP) is 2.13. The number of nitrogens with one attached hydrogen (secondary N) is 1. The molecule has 1 aromatic heterocycles. The number of rotatable bonds is 3. The highest BCUT2D eigenvalue weighted by Crippen LogP contribution is 2.25. The highest BCUT2D eigenvalue weighted by molar-refractivity contribution is 7.11. The Morgan fingerprint density at radius 2 is 1.89 bits per heavy atom. The number of aromatic nitrogens is 1. The number of aliphatic carboxylic acids is 1. The second-order valence-electron chi connectivity index (χ2n) is 5.00. The molecule has 0 atom stereocenters. The molecule has 1 saturated carbocycles. The molecule has 1 fully saturated rings. The summed E-state index contributed by atoms with van der Waals surface area (Å²) in [5.74, 6) is -1.12. The van der Waals surface area contributed by atoms with Gasteiger partial charge >= 0.3 is 5.97 Å². The predicted molar refractivity (Wildman–Crippen MR) is 72.4 cm³/mol. The van der Waals surface area contributed by atoms with Crippen molar-refractivity contribution in [1.29, 1.82) is 0 Å². The van der Waals surface area contributed by atoms with Crippen molar-refractivity contribution in [2.45, 2.75) is 45.6 Å². The summed E-state index contributed by atoms with van der Waals surface area (Å²) in [5, 5.41) is 12.8. The second-order valence-corrected chi connectivity index (χ2v) is 6.41. The molecule has 1 aromatic rings. The van der Waals surface area contributed by atoms with Crippen LogP contribution in [0, 0.1) is 19.8 Å². The normalized spacial score (nSPS) is 23.1. The Hall–Kier alpha value is -1.43. The lowest BCUT2D eigenvalue weighted by molar-refractivity contribution is -0.142. The van der Waals surface area contributed by atoms with Gasteiger partial charge in [0, 0.05) is 10.9 Å². The largest absolute Gasteiger partial charge is 0.481 e. The minimum Gasteiger partial charge on any atom is -0.481 e. The van der Waals surface area contributed by atoms with Gasteiger partial charge in [0.15, 0.2) is 0 Å². The van der Waals surface area contributed by atoms with E-state index in [1.54, 1.807) is 0 Å². The summed E-state index contributed by atoms with van der Waals surface area (Å²) in [7, 11) is 0. The first-order chi connectivity index (χ1) is 8.97. The van der Waals surface area contributed by atoms with Crippen molar-refractivity contribution in [3.8, 4) is 0 Å². The van der Waals surface area contributed by atoms with E-state index in [-0.39, 0.29) is 17.9 Å². The highest BCUT2D eigenvalue weighted by Gasteiger charge is 2.27. The maximum atomic E-state index is 12.1. The molecule has 1 aliphatic carbocycles. The molecule has 1 amide bonds. The van der Waals surface area contributed by atoms with Crippen molar-refractivity contribution in [1.82, 2.24) is 10.3 Å². The average molecular weight is 282 g/mol. The Kier molecular flexibility index (Phi) is 4.19. The Balaban J connectivity index is 1.91. The van der Waals surface area contributed by atoms with Gasteiger partial charge in [-0.2, -0.15) is 0 Å². The number of carbonyl (C=O) groups is 2. The van der Waals surface area contributed by atoms with Gasteiger partial charge in [-0.3, -0.25) is 9.59 Å². The fourth-order valence-corrected chi connectivity index (χ4v) is 3.29. The zero-order valence-corrected chi connectivity index (χ0v) is 11.9. The third-order valence-electron chi connectivity index (χ3n) is 3.53. The van der Waals surface area contributed by atoms with Crippen LogP contribution in [0.25, 0.3) is 0 Å². The third-order valence-corrected chi connectivity index (χ3v) is 4.42. The van der Waals surface area contributed by atoms with E-state index >= 15 is 0 Å². The molecule has 19 heavy (non-hydrogen) atoms. The van der Waals surface area contributed by atoms with E-state index in [2.05, 4.69) is 10.3 Å². The van der Waals surface area contributed by atoms with E-state index in [0.717, 1.165) is 22.7 Å². The lowest BCUT2D eigenvalue weighted by Gasteiger charge is -2.26. The number of hydrogen-bond donors (Lipinski definition) is 2. The van der Waals surface area contributed by atoms with Gasteiger partial charge < -0.3 is 10.4 Å². The first kappa shape index (κ1) is 14.0. The molecular weight excluding hydrogens is 264 g/mol. The van der Waals surface area contributed by atoms with Gasteiger partial charge in [-0.05, 0) is 39.5 Å². The minimum atomic E-state index is -0.726. The summed E-state index contributed by atoms with van der Waals surface area (Å²) < 4.78 is 0. The number of carboxylic acid groups (broad SMARTS) is 1. The van der Waals surface area contributed by atoms with Crippen LogP contribution < -0.4 is 5.32 Å². The molecule has 0 aliphatic heterocycles. The van der Waals surface area contributed by atoms with Crippen LogP contribution in [0.2, 0.25) is 0 Å². The van der Waals surface area contributed by atoms with Crippen LogP contribution >= 0.6 is 11.3 Å². The maximum absolute atomic E-state index is 12.1. The molecule has 2 N–H and O–H groups in total. The first-order valence-electron chi connectivity index (χ1n) is 6.45. The molecule has 0 spiro atoms. The van der Waals surface area contributed by atoms with Gasteiger partial charge in [0.05, 0.1) is 10.9 Å². The Bertz CT molecular complexity index is 490. The second kappa shape index (κ2) is 5.69. The summed E-state index contributed by atoms with van der Waals surface area (Å²) in [4.78, 5) is 28.1. The SMILES string of the molecule is Cc1nc(C(=O)NC2CCC(C(=O)O)CC2)c(C)s1. The lowest BCUT2D eigenvalue weighted by atomic mass is 9.86. The molecule has 2 rings (SSSR count). The first-order valence-corrected chi connectivity index (χ1v) is 7.26. The van der Waals surface area contributed by atoms with Crippen LogP contribution in [-0.2, 0) is 4.79 Å². The lowest BCUT2D eigenvalue weighted by Crippen LogP contribution is -2.39. The number of aryl methyl sites for hydroxylation is 2. The molecule has 0 aromatic carbocycles. The van der Waals surface area contributed by atoms with E-state index in [1.807, 2.05) is 13.8 Å². The fraction of sp³-hybridized carbons (Fsp3) is 0.615. The van der Waals surface area contributed by atoms with Crippen LogP contribution in [0.5, 0.6) is 0 Å². The Labute approximate surface area is 116 Å². The monoisotopic (exact) mass is 282 g/mol. The van der Waals surface area contributed by atoms with E-state index in [9.17, 15) is 9.59 Å². The molecule has 104 valence electrons. The quantitative estimate of drug-likeness (QED) is 0.890. The average Bonchev–Trinajstić information content (AvgIpc) is 2.69. The van der Waals surface area contributed by atoms with Gasteiger partial charge in [0.2, 0.25) is 0 Å². The van der Waals surface area contributed by atoms with Crippen molar-refractivity contribution in [2.24, 2.45) is 5.92 Å². The van der Waals surface area contributed by atoms with Gasteiger partial charge in [0.1, 0.15) is 5.69 Å². The summed E-state index contributed by atoms with van der Waals surface area (Å²) in [6.07, 6.45) is 2.72. The number of nitrogens with zero attached hydrogens (tertiary/aromatic N) is 1. The van der Waals surface area contributed by atoms with Crippen LogP contribution in [-0.4, -0.2) is 28.0 Å². The summed E-state index contributed by atoms with van der Waals surface area (Å²) in [6.45, 7) is 3.77. The smallest absolute Gasteiger partial charge is 0.306 e. The van der Waals surface area contributed by atoms with Crippen LogP contribution in [0.15, 0.2) is 0 Å². The minimum absolute atomic E-state index is 0.0736. The maximum Gasteiger partial charge on any atom is 0.306 e. The fourth-order valence-electron chi connectivity index (χ4n) is 2.48. The topological polar surface area (TPSA) is 79.3 Å². The number of carboxylic acids is 1. The van der Waals surface area contributed by atoms with Gasteiger partial charge in [-0.1, -0.05) is 0 Å². The molecule has 6 heteroatoms. The highest BCUT2D eigenvalue weighted by atomic mass is 32.1. The number of hydrogen-bond acceptors (Lipinski definition) is 4. The molecular formula is C13H18N2O3S. The van der Waals surface area contributed by atoms with E-state index in [4.69, 9.17) is 5.11 Å². The van der Waals surface area contributed by atoms with Crippen LogP contribution in [0.1, 0.15) is 46.1 Å². The zero-order chi connectivity index (χ0) is 14.0. The molecule has 0 unspecified atom stereocenters. The van der Waals surface area contributed by atoms with Crippen LogP contribution in [0.3, 0.4) is 0 Å². The summed E-state index contributed by atoms with van der Waals surface area (Å²) >= 11 is 1.51. The molecule has 1 aliphatic rings. The van der Waals surface area contributed by atoms with Gasteiger partial charge in [-0.15, -0.1) is 11.3 Å². The summed E-state index contributed by atoms with van der Waals surface area (Å²) in [6, 6.07) is 0.0736. The Morgan fingerprint density at radius 1 is 1.26 bits per heavy atom. The Morgan fingerprint density at radius 3 is 2.37 bits per heavy atom. The van der Waals surface area contributed by atoms with Crippen molar-refractivity contribution in [3.63, 3.8) is 0 Å². The van der Waals surface area contributed by atoms with Crippen molar-refractivity contribution < 1.29 is 14.7 Å². The van der Waals surface area contributed by atoms with Gasteiger partial charge in [0.25, 0.3) is 5.91 Å². The van der Waals surface area contributed by atoms with E-state index in [1.165, 1.54) is 11.3 Å². The van der Waals surface area contributed by atoms with Crippen LogP contribution in [0.4, 0.5) is 0 Å². The molecule has 0 radical (unpaired) electrons. The van der Waals surface area contributed by atoms with E-state index in [0.29, 0.717) is 18.5 Å². The van der Waals surface area contributed by atoms with Gasteiger partial charge in [-0.25, -0.2) is 4.98 Å². The van der Waals surface area contributed by atoms with Crippen molar-refractivity contribution >= 4 is 23.2 Å². The molecule has 5 nitrogen and oxygen atoms in total. The number of carbonyl (C=O) groups excluding carboxylic acids is 1. The summed E-state index contributed by atoms with van der Waals surface area (Å²) in [5.41, 5.74) is 0.503. The van der Waals surface area contributed by atoms with Crippen molar-refractivity contribution in [3.05, 3.63) is 15.6 Å². The third kappa shape index (κ3) is 3.32. The van der Waals surface area contributed by atoms with Crippen molar-refractivity contribution in [2.75, 3.05) is 0 Å². The number of thiazole rings is 1. The zero-order valence-electron chi connectivity index (χ0n) is 11.1. The van der Waals surface area contributed by atoms with E-state index < -0.39 is 5.97 Å². The molecule has 0 saturated heterocycles. The standard InChI is InChI=1S/C13H18N2O3S/c1-7-11(14-8(2)19-7)12(16)15-10-5-3-9(4-6-10)13(17)18/h9-10H,3-6H2,1-2H3,(H,15,16)(H,17,18). The molecule has 0 bridgehead atoms.